The Morgan fingerprint density at radius 3 is 2.73 bits per heavy atom. The van der Waals surface area contributed by atoms with E-state index < -0.39 is 0 Å². The highest BCUT2D eigenvalue weighted by Gasteiger charge is 1.94. The van der Waals surface area contributed by atoms with E-state index in [-0.39, 0.29) is 5.91 Å². The molecule has 5 heteroatoms. The minimum Gasteiger partial charge on any atom is -0.351 e. The van der Waals surface area contributed by atoms with Gasteiger partial charge in [-0.05, 0) is 6.92 Å². The van der Waals surface area contributed by atoms with Crippen molar-refractivity contribution < 1.29 is 4.79 Å². The van der Waals surface area contributed by atoms with Crippen molar-refractivity contribution in [1.82, 2.24) is 10.7 Å². The Morgan fingerprint density at radius 2 is 2.36 bits per heavy atom. The van der Waals surface area contributed by atoms with Gasteiger partial charge in [-0.2, -0.15) is 5.53 Å². The lowest BCUT2D eigenvalue weighted by atomic mass is 10.4. The molecule has 0 bridgehead atoms. The lowest BCUT2D eigenvalue weighted by molar-refractivity contribution is -0.118. The van der Waals surface area contributed by atoms with Crippen LogP contribution in [0.15, 0.2) is 17.0 Å². The summed E-state index contributed by atoms with van der Waals surface area (Å²) in [6, 6.07) is 0. The molecule has 0 unspecified atom stereocenters. The average Bonchev–Trinajstić information content (AvgIpc) is 1.97. The quantitative estimate of drug-likeness (QED) is 0.411. The third-order valence-electron chi connectivity index (χ3n) is 1.08. The van der Waals surface area contributed by atoms with E-state index >= 15 is 0 Å². The molecule has 0 aliphatic carbocycles. The molecule has 0 radical (unpaired) electrons. The second kappa shape index (κ2) is 5.40. The van der Waals surface area contributed by atoms with Gasteiger partial charge < -0.3 is 5.32 Å². The zero-order valence-corrected chi connectivity index (χ0v) is 6.64. The smallest absolute Gasteiger partial charge is 0.217 e. The first-order chi connectivity index (χ1) is 5.20. The molecule has 0 aliphatic rings. The second-order valence-corrected chi connectivity index (χ2v) is 1.95. The van der Waals surface area contributed by atoms with Gasteiger partial charge >= 0.3 is 0 Å². The maximum Gasteiger partial charge on any atom is 0.217 e. The summed E-state index contributed by atoms with van der Waals surface area (Å²) >= 11 is 0. The van der Waals surface area contributed by atoms with Crippen LogP contribution in [0.25, 0.3) is 0 Å². The molecule has 0 aromatic heterocycles. The van der Waals surface area contributed by atoms with E-state index in [1.165, 1.54) is 6.92 Å². The van der Waals surface area contributed by atoms with Crippen molar-refractivity contribution in [3.05, 3.63) is 11.8 Å². The van der Waals surface area contributed by atoms with E-state index in [0.717, 1.165) is 0 Å². The van der Waals surface area contributed by atoms with Crippen LogP contribution in [0.4, 0.5) is 0 Å². The number of hydrogen-bond acceptors (Lipinski definition) is 3. The molecular formula is C6H12N4O. The minimum absolute atomic E-state index is 0.101. The molecule has 0 aromatic rings. The van der Waals surface area contributed by atoms with E-state index in [0.29, 0.717) is 12.2 Å². The Hall–Kier alpha value is -1.39. The van der Waals surface area contributed by atoms with Crippen molar-refractivity contribution in [2.75, 3.05) is 6.54 Å². The maximum atomic E-state index is 10.4. The fourth-order valence-electron chi connectivity index (χ4n) is 0.498. The number of nitrogens with zero attached hydrogens (tertiary/aromatic N) is 1. The van der Waals surface area contributed by atoms with Gasteiger partial charge in [-0.3, -0.25) is 10.2 Å². The molecule has 0 fully saturated rings. The number of allylic oxidation sites excluding steroid dienone is 1. The largest absolute Gasteiger partial charge is 0.351 e. The predicted molar refractivity (Wildman–Crippen MR) is 40.7 cm³/mol. The summed E-state index contributed by atoms with van der Waals surface area (Å²) < 4.78 is 0. The number of amides is 1. The van der Waals surface area contributed by atoms with Gasteiger partial charge in [0.1, 0.15) is 0 Å². The third kappa shape index (κ3) is 5.07. The number of rotatable bonds is 4. The summed E-state index contributed by atoms with van der Waals surface area (Å²) in [4.78, 5) is 10.4. The highest BCUT2D eigenvalue weighted by molar-refractivity contribution is 5.73. The number of hydrogen-bond donors (Lipinski definition) is 3. The molecule has 3 N–H and O–H groups in total. The number of carbonyl (C=O) groups is 1. The highest BCUT2D eigenvalue weighted by atomic mass is 16.1. The van der Waals surface area contributed by atoms with E-state index in [9.17, 15) is 4.79 Å². The standard InChI is InChI=1S/C6H12N4O/c1-3-6(9-10-7)4-8-5(2)11/h3H,4H2,1-2H3,(H2,7,9)(H,8,11)/b6-3-. The Labute approximate surface area is 65.3 Å². The monoisotopic (exact) mass is 156 g/mol. The van der Waals surface area contributed by atoms with E-state index in [1.54, 1.807) is 13.0 Å². The topological polar surface area (TPSA) is 77.3 Å². The predicted octanol–water partition coefficient (Wildman–Crippen LogP) is 0.562. The van der Waals surface area contributed by atoms with E-state index in [4.69, 9.17) is 5.53 Å². The SMILES string of the molecule is C/C=C(/CNC(C)=O)NN=N. The molecule has 0 aromatic carbocycles. The van der Waals surface area contributed by atoms with Gasteiger partial charge in [0.05, 0.1) is 12.2 Å². The molecule has 0 saturated carbocycles. The molecule has 11 heavy (non-hydrogen) atoms. The van der Waals surface area contributed by atoms with Crippen molar-refractivity contribution in [1.29, 1.82) is 5.53 Å². The normalized spacial score (nSPS) is 10.5. The van der Waals surface area contributed by atoms with Crippen LogP contribution < -0.4 is 10.7 Å². The summed E-state index contributed by atoms with van der Waals surface area (Å²) in [6.07, 6.45) is 1.74. The summed E-state index contributed by atoms with van der Waals surface area (Å²) in [5, 5.41) is 5.53. The lowest BCUT2D eigenvalue weighted by Crippen LogP contribution is -2.26. The van der Waals surface area contributed by atoms with Crippen molar-refractivity contribution in [2.24, 2.45) is 5.22 Å². The van der Waals surface area contributed by atoms with Gasteiger partial charge in [-0.25, -0.2) is 0 Å². The van der Waals surface area contributed by atoms with Crippen molar-refractivity contribution >= 4 is 5.91 Å². The lowest BCUT2D eigenvalue weighted by Gasteiger charge is -2.04. The molecular weight excluding hydrogens is 144 g/mol. The van der Waals surface area contributed by atoms with E-state index in [1.807, 2.05) is 0 Å². The Balaban J connectivity index is 3.70. The number of carbonyl (C=O) groups excluding carboxylic acids is 1. The fourth-order valence-corrected chi connectivity index (χ4v) is 0.498. The van der Waals surface area contributed by atoms with Crippen LogP contribution in [0.1, 0.15) is 13.8 Å². The second-order valence-electron chi connectivity index (χ2n) is 1.95. The van der Waals surface area contributed by atoms with Crippen LogP contribution in [-0.4, -0.2) is 12.5 Å². The molecule has 0 spiro atoms. The van der Waals surface area contributed by atoms with Crippen molar-refractivity contribution in [3.8, 4) is 0 Å². The fraction of sp³-hybridized carbons (Fsp3) is 0.500. The van der Waals surface area contributed by atoms with Gasteiger partial charge in [-0.15, -0.1) is 0 Å². The zero-order valence-electron chi connectivity index (χ0n) is 6.64. The molecule has 62 valence electrons. The third-order valence-corrected chi connectivity index (χ3v) is 1.08. The van der Waals surface area contributed by atoms with Crippen LogP contribution >= 0.6 is 0 Å². The molecule has 0 rings (SSSR count). The van der Waals surface area contributed by atoms with Crippen LogP contribution in [-0.2, 0) is 4.79 Å². The summed E-state index contributed by atoms with van der Waals surface area (Å²) in [5.41, 5.74) is 9.61. The van der Waals surface area contributed by atoms with Gasteiger partial charge in [-0.1, -0.05) is 11.3 Å². The zero-order chi connectivity index (χ0) is 8.69. The first-order valence-electron chi connectivity index (χ1n) is 3.22. The molecule has 0 saturated heterocycles. The van der Waals surface area contributed by atoms with Crippen molar-refractivity contribution in [2.45, 2.75) is 13.8 Å². The van der Waals surface area contributed by atoms with Gasteiger partial charge in [0.2, 0.25) is 5.91 Å². The first-order valence-corrected chi connectivity index (χ1v) is 3.22. The summed E-state index contributed by atoms with van der Waals surface area (Å²) in [7, 11) is 0. The summed E-state index contributed by atoms with van der Waals surface area (Å²) in [6.45, 7) is 3.62. The maximum absolute atomic E-state index is 10.4. The Kier molecular flexibility index (Phi) is 4.72. The van der Waals surface area contributed by atoms with Crippen LogP contribution in [0.2, 0.25) is 0 Å². The molecule has 0 aliphatic heterocycles. The highest BCUT2D eigenvalue weighted by Crippen LogP contribution is 1.84. The van der Waals surface area contributed by atoms with Gasteiger partial charge in [0, 0.05) is 6.92 Å². The Bertz CT molecular complexity index is 175. The van der Waals surface area contributed by atoms with Gasteiger partial charge in [0.25, 0.3) is 0 Å². The molecule has 0 atom stereocenters. The van der Waals surface area contributed by atoms with Crippen molar-refractivity contribution in [3.63, 3.8) is 0 Å². The molecule has 0 heterocycles. The summed E-state index contributed by atoms with van der Waals surface area (Å²) in [5.74, 6) is -0.101. The van der Waals surface area contributed by atoms with E-state index in [2.05, 4.69) is 16.0 Å². The van der Waals surface area contributed by atoms with Gasteiger partial charge in [0.15, 0.2) is 0 Å². The van der Waals surface area contributed by atoms with Crippen LogP contribution in [0, 0.1) is 5.53 Å². The molecule has 5 nitrogen and oxygen atoms in total. The average molecular weight is 156 g/mol. The number of nitrogens with one attached hydrogen (secondary N) is 3. The minimum atomic E-state index is -0.101. The first kappa shape index (κ1) is 9.61. The molecule has 1 amide bonds. The van der Waals surface area contributed by atoms with Crippen LogP contribution in [0.3, 0.4) is 0 Å². The Morgan fingerprint density at radius 1 is 1.73 bits per heavy atom. The van der Waals surface area contributed by atoms with Crippen LogP contribution in [0.5, 0.6) is 0 Å².